The number of nitrogens with zero attached hydrogens (tertiary/aromatic N) is 2. The lowest BCUT2D eigenvalue weighted by molar-refractivity contribution is 0.551. The van der Waals surface area contributed by atoms with Crippen LogP contribution in [0.25, 0.3) is 33.8 Å². The molecule has 0 amide bonds. The van der Waals surface area contributed by atoms with Gasteiger partial charge in [-0.05, 0) is 102 Å². The molecule has 4 aliphatic carbocycles. The Labute approximate surface area is 284 Å². The van der Waals surface area contributed by atoms with Crippen molar-refractivity contribution in [2.45, 2.75) is 51.9 Å². The zero-order chi connectivity index (χ0) is 32.4. The molecule has 0 aliphatic heterocycles. The molecular formula is C46H42N2. The third-order valence-corrected chi connectivity index (χ3v) is 11.2. The van der Waals surface area contributed by atoms with E-state index in [1.165, 1.54) is 67.2 Å². The predicted octanol–water partition coefficient (Wildman–Crippen LogP) is 12.0. The molecule has 4 aromatic carbocycles. The summed E-state index contributed by atoms with van der Waals surface area (Å²) < 4.78 is 2.52. The number of fused-ring (bicyclic) bond motifs is 6. The van der Waals surface area contributed by atoms with Crippen molar-refractivity contribution in [3.63, 3.8) is 0 Å². The summed E-state index contributed by atoms with van der Waals surface area (Å²) in [5, 5.41) is 1.34. The Bertz CT molecular complexity index is 2230. The van der Waals surface area contributed by atoms with Crippen LogP contribution in [0, 0.1) is 11.8 Å². The maximum absolute atomic E-state index is 2.52. The van der Waals surface area contributed by atoms with Crippen LogP contribution in [0.5, 0.6) is 0 Å². The first kappa shape index (κ1) is 29.1. The Balaban J connectivity index is 1.12. The van der Waals surface area contributed by atoms with Crippen LogP contribution >= 0.6 is 0 Å². The van der Waals surface area contributed by atoms with Gasteiger partial charge in [-0.2, -0.15) is 0 Å². The van der Waals surface area contributed by atoms with Gasteiger partial charge in [0.15, 0.2) is 0 Å². The smallest absolute Gasteiger partial charge is 0.0537 e. The molecule has 236 valence electrons. The van der Waals surface area contributed by atoms with Crippen molar-refractivity contribution in [1.29, 1.82) is 0 Å². The number of hydrogen-bond acceptors (Lipinski definition) is 1. The zero-order valence-corrected chi connectivity index (χ0v) is 28.2. The molecule has 0 fully saturated rings. The van der Waals surface area contributed by atoms with Gasteiger partial charge in [-0.3, -0.25) is 0 Å². The molecule has 1 aromatic heterocycles. The van der Waals surface area contributed by atoms with Crippen molar-refractivity contribution in [2.24, 2.45) is 11.8 Å². The van der Waals surface area contributed by atoms with Gasteiger partial charge in [0.25, 0.3) is 0 Å². The molecule has 0 saturated carbocycles. The molecule has 0 N–H and O–H groups in total. The quantitative estimate of drug-likeness (QED) is 0.189. The highest BCUT2D eigenvalue weighted by atomic mass is 15.1. The van der Waals surface area contributed by atoms with Gasteiger partial charge in [0, 0.05) is 50.7 Å². The molecule has 5 aromatic rings. The molecule has 0 spiro atoms. The first-order valence-corrected chi connectivity index (χ1v) is 17.7. The highest BCUT2D eigenvalue weighted by Crippen LogP contribution is 2.51. The van der Waals surface area contributed by atoms with E-state index in [0.29, 0.717) is 11.8 Å². The lowest BCUT2D eigenvalue weighted by Gasteiger charge is -2.33. The van der Waals surface area contributed by atoms with Crippen LogP contribution in [-0.4, -0.2) is 4.57 Å². The Morgan fingerprint density at radius 3 is 2.33 bits per heavy atom. The van der Waals surface area contributed by atoms with Crippen LogP contribution in [0.15, 0.2) is 145 Å². The van der Waals surface area contributed by atoms with Gasteiger partial charge in [-0.1, -0.05) is 117 Å². The second-order valence-electron chi connectivity index (χ2n) is 14.5. The first-order valence-electron chi connectivity index (χ1n) is 17.7. The Morgan fingerprint density at radius 1 is 0.750 bits per heavy atom. The van der Waals surface area contributed by atoms with E-state index in [9.17, 15) is 0 Å². The summed E-state index contributed by atoms with van der Waals surface area (Å²) in [6.45, 7) is 7.18. The first-order chi connectivity index (χ1) is 23.5. The molecule has 1 heterocycles. The number of aromatic nitrogens is 1. The summed E-state index contributed by atoms with van der Waals surface area (Å²) in [6, 6.07) is 34.1. The lowest BCUT2D eigenvalue weighted by atomic mass is 9.80. The summed E-state index contributed by atoms with van der Waals surface area (Å²) in [6.07, 6.45) is 23.2. The number of para-hydroxylation sites is 2. The van der Waals surface area contributed by atoms with E-state index in [1.807, 2.05) is 0 Å². The molecule has 4 aliphatic rings. The van der Waals surface area contributed by atoms with Crippen LogP contribution in [0.1, 0.15) is 62.4 Å². The van der Waals surface area contributed by atoms with Gasteiger partial charge in [0.05, 0.1) is 5.52 Å². The van der Waals surface area contributed by atoms with Gasteiger partial charge in [0.1, 0.15) is 0 Å². The molecule has 0 radical (unpaired) electrons. The number of benzene rings is 4. The third kappa shape index (κ3) is 4.53. The molecule has 9 rings (SSSR count). The fraction of sp³-hybridized carbons (Fsp3) is 0.217. The summed E-state index contributed by atoms with van der Waals surface area (Å²) in [7, 11) is 0. The van der Waals surface area contributed by atoms with Gasteiger partial charge >= 0.3 is 0 Å². The fourth-order valence-electron chi connectivity index (χ4n) is 8.80. The average molecular weight is 623 g/mol. The van der Waals surface area contributed by atoms with Crippen molar-refractivity contribution < 1.29 is 0 Å². The van der Waals surface area contributed by atoms with Crippen LogP contribution < -0.4 is 4.90 Å². The SMILES string of the molecule is CC1C=C(N(c2ccccc2)c2ccc3c(c2)C(C)(C)c2cc(-n4c5c(c6ccccc64)C=CCC5)ccc2-3)C=CC1C1=CC=CCC1. The normalized spacial score (nSPS) is 20.2. The van der Waals surface area contributed by atoms with E-state index in [1.54, 1.807) is 5.57 Å². The van der Waals surface area contributed by atoms with E-state index in [2.05, 4.69) is 170 Å². The summed E-state index contributed by atoms with van der Waals surface area (Å²) in [5.41, 5.74) is 15.9. The monoisotopic (exact) mass is 622 g/mol. The predicted molar refractivity (Wildman–Crippen MR) is 203 cm³/mol. The molecule has 0 saturated heterocycles. The molecule has 2 nitrogen and oxygen atoms in total. The van der Waals surface area contributed by atoms with Gasteiger partial charge in [-0.15, -0.1) is 0 Å². The highest BCUT2D eigenvalue weighted by molar-refractivity contribution is 5.94. The molecular weight excluding hydrogens is 581 g/mol. The van der Waals surface area contributed by atoms with E-state index in [4.69, 9.17) is 0 Å². The maximum Gasteiger partial charge on any atom is 0.0537 e. The summed E-state index contributed by atoms with van der Waals surface area (Å²) in [5.74, 6) is 0.881. The number of hydrogen-bond donors (Lipinski definition) is 0. The van der Waals surface area contributed by atoms with Crippen molar-refractivity contribution in [1.82, 2.24) is 4.57 Å². The number of allylic oxidation sites excluding steroid dienone is 8. The van der Waals surface area contributed by atoms with Gasteiger partial charge < -0.3 is 9.47 Å². The topological polar surface area (TPSA) is 8.17 Å². The molecule has 2 heteroatoms. The second kappa shape index (κ2) is 11.3. The van der Waals surface area contributed by atoms with Crippen molar-refractivity contribution in [3.8, 4) is 16.8 Å². The number of rotatable bonds is 5. The second-order valence-corrected chi connectivity index (χ2v) is 14.5. The van der Waals surface area contributed by atoms with Crippen LogP contribution in [0.3, 0.4) is 0 Å². The highest BCUT2D eigenvalue weighted by Gasteiger charge is 2.37. The Kier molecular flexibility index (Phi) is 6.83. The Hall–Kier alpha value is -5.08. The van der Waals surface area contributed by atoms with E-state index in [-0.39, 0.29) is 5.41 Å². The van der Waals surface area contributed by atoms with E-state index < -0.39 is 0 Å². The maximum atomic E-state index is 2.52. The average Bonchev–Trinajstić information content (AvgIpc) is 3.57. The fourth-order valence-corrected chi connectivity index (χ4v) is 8.80. The molecule has 48 heavy (non-hydrogen) atoms. The van der Waals surface area contributed by atoms with Gasteiger partial charge in [0.2, 0.25) is 0 Å². The third-order valence-electron chi connectivity index (χ3n) is 11.2. The molecule has 2 atom stereocenters. The number of anilines is 2. The standard InChI is InChI=1S/C46H42N2/c1-31-28-34(22-25-37(31)32-14-6-4-7-15-32)47(33-16-8-5-9-17-33)35-23-26-38-39-27-24-36(30-43(39)46(2,3)42(38)29-35)48-44-20-12-10-18-40(44)41-19-11-13-21-45(41)48/h4-6,8-12,14,16-20,22-31,37H,7,13,15,21H2,1-3H3. The van der Waals surface area contributed by atoms with Crippen LogP contribution in [0.4, 0.5) is 11.4 Å². The van der Waals surface area contributed by atoms with E-state index in [0.717, 1.165) is 25.7 Å². The molecule has 0 bridgehead atoms. The largest absolute Gasteiger partial charge is 0.313 e. The van der Waals surface area contributed by atoms with Gasteiger partial charge in [-0.25, -0.2) is 0 Å². The minimum atomic E-state index is -0.141. The minimum Gasteiger partial charge on any atom is -0.313 e. The minimum absolute atomic E-state index is 0.141. The summed E-state index contributed by atoms with van der Waals surface area (Å²) in [4.78, 5) is 2.45. The zero-order valence-electron chi connectivity index (χ0n) is 28.2. The van der Waals surface area contributed by atoms with E-state index >= 15 is 0 Å². The molecule has 2 unspecified atom stereocenters. The van der Waals surface area contributed by atoms with Crippen molar-refractivity contribution >= 4 is 28.4 Å². The van der Waals surface area contributed by atoms with Crippen molar-refractivity contribution in [3.05, 3.63) is 167 Å². The Morgan fingerprint density at radius 2 is 1.52 bits per heavy atom. The van der Waals surface area contributed by atoms with Crippen molar-refractivity contribution in [2.75, 3.05) is 4.90 Å². The van der Waals surface area contributed by atoms with Crippen LogP contribution in [-0.2, 0) is 11.8 Å². The lowest BCUT2D eigenvalue weighted by Crippen LogP contribution is -2.22. The summed E-state index contributed by atoms with van der Waals surface area (Å²) >= 11 is 0. The van der Waals surface area contributed by atoms with Crippen LogP contribution in [0.2, 0.25) is 0 Å².